The van der Waals surface area contributed by atoms with Crippen molar-refractivity contribution >= 4 is 28.6 Å². The Labute approximate surface area is 167 Å². The number of piperidine rings is 1. The second-order valence-corrected chi connectivity index (χ2v) is 8.20. The van der Waals surface area contributed by atoms with E-state index in [0.29, 0.717) is 34.3 Å². The number of rotatable bonds is 5. The third kappa shape index (κ3) is 3.99. The van der Waals surface area contributed by atoms with Crippen molar-refractivity contribution in [3.63, 3.8) is 0 Å². The molecule has 7 heteroatoms. The number of benzene rings is 1. The Morgan fingerprint density at radius 3 is 2.93 bits per heavy atom. The van der Waals surface area contributed by atoms with Gasteiger partial charge in [0.2, 0.25) is 5.91 Å². The molecular formula is C21H23N3O3S. The highest BCUT2D eigenvalue weighted by Gasteiger charge is 2.22. The third-order valence-electron chi connectivity index (χ3n) is 5.06. The summed E-state index contributed by atoms with van der Waals surface area (Å²) in [6.07, 6.45) is 3.81. The number of para-hydroxylation sites is 1. The van der Waals surface area contributed by atoms with Gasteiger partial charge in [-0.25, -0.2) is 4.98 Å². The van der Waals surface area contributed by atoms with Crippen molar-refractivity contribution in [3.05, 3.63) is 58.8 Å². The molecule has 0 saturated carbocycles. The van der Waals surface area contributed by atoms with Crippen LogP contribution in [0.2, 0.25) is 0 Å². The lowest BCUT2D eigenvalue weighted by Gasteiger charge is -2.30. The minimum absolute atomic E-state index is 0.100. The molecule has 1 amide bonds. The van der Waals surface area contributed by atoms with Crippen LogP contribution in [0, 0.1) is 5.92 Å². The average Bonchev–Trinajstić information content (AvgIpc) is 3.22. The van der Waals surface area contributed by atoms with Gasteiger partial charge in [-0.1, -0.05) is 30.8 Å². The molecule has 0 aliphatic carbocycles. The van der Waals surface area contributed by atoms with Crippen molar-refractivity contribution in [2.45, 2.75) is 31.5 Å². The van der Waals surface area contributed by atoms with E-state index in [1.807, 2.05) is 29.2 Å². The predicted octanol–water partition coefficient (Wildman–Crippen LogP) is 3.39. The van der Waals surface area contributed by atoms with Crippen LogP contribution >= 0.6 is 11.8 Å². The van der Waals surface area contributed by atoms with Crippen LogP contribution in [0.1, 0.15) is 25.5 Å². The van der Waals surface area contributed by atoms with E-state index in [1.54, 1.807) is 23.0 Å². The first-order chi connectivity index (χ1) is 13.6. The van der Waals surface area contributed by atoms with E-state index in [2.05, 4.69) is 11.9 Å². The topological polar surface area (TPSA) is 68.3 Å². The number of thioether (sulfide) groups is 1. The van der Waals surface area contributed by atoms with Gasteiger partial charge >= 0.3 is 0 Å². The Morgan fingerprint density at radius 2 is 2.14 bits per heavy atom. The first kappa shape index (κ1) is 18.8. The van der Waals surface area contributed by atoms with E-state index in [1.165, 1.54) is 18.2 Å². The maximum atomic E-state index is 13.0. The number of carbonyl (C=O) groups excluding carboxylic acids is 1. The smallest absolute Gasteiger partial charge is 0.262 e. The molecule has 2 aromatic heterocycles. The Kier molecular flexibility index (Phi) is 5.52. The van der Waals surface area contributed by atoms with Crippen LogP contribution < -0.4 is 5.56 Å². The largest absolute Gasteiger partial charge is 0.467 e. The monoisotopic (exact) mass is 397 g/mol. The summed E-state index contributed by atoms with van der Waals surface area (Å²) in [5.74, 6) is 1.59. The molecule has 1 atom stereocenters. The highest BCUT2D eigenvalue weighted by molar-refractivity contribution is 7.99. The second-order valence-electron chi connectivity index (χ2n) is 7.26. The summed E-state index contributed by atoms with van der Waals surface area (Å²) in [5, 5.41) is 1.10. The molecule has 0 radical (unpaired) electrons. The van der Waals surface area contributed by atoms with Crippen molar-refractivity contribution < 1.29 is 9.21 Å². The van der Waals surface area contributed by atoms with Crippen LogP contribution in [0.15, 0.2) is 57.0 Å². The molecule has 146 valence electrons. The van der Waals surface area contributed by atoms with Crippen LogP contribution in [-0.2, 0) is 11.3 Å². The van der Waals surface area contributed by atoms with Crippen molar-refractivity contribution in [2.75, 3.05) is 18.8 Å². The fourth-order valence-corrected chi connectivity index (χ4v) is 4.49. The van der Waals surface area contributed by atoms with Gasteiger partial charge in [-0.2, -0.15) is 0 Å². The van der Waals surface area contributed by atoms with E-state index in [-0.39, 0.29) is 17.2 Å². The van der Waals surface area contributed by atoms with Gasteiger partial charge in [-0.05, 0) is 43.0 Å². The highest BCUT2D eigenvalue weighted by atomic mass is 32.2. The first-order valence-electron chi connectivity index (χ1n) is 9.54. The zero-order valence-electron chi connectivity index (χ0n) is 15.8. The maximum Gasteiger partial charge on any atom is 0.262 e. The summed E-state index contributed by atoms with van der Waals surface area (Å²) < 4.78 is 7.02. The second kappa shape index (κ2) is 8.22. The summed E-state index contributed by atoms with van der Waals surface area (Å²) in [5.41, 5.74) is 0.522. The minimum atomic E-state index is -0.122. The fraction of sp³-hybridized carbons (Fsp3) is 0.381. The summed E-state index contributed by atoms with van der Waals surface area (Å²) >= 11 is 1.32. The van der Waals surface area contributed by atoms with Crippen molar-refractivity contribution in [1.82, 2.24) is 14.5 Å². The van der Waals surface area contributed by atoms with Crippen LogP contribution in [0.4, 0.5) is 0 Å². The molecular weight excluding hydrogens is 374 g/mol. The Morgan fingerprint density at radius 1 is 1.29 bits per heavy atom. The van der Waals surface area contributed by atoms with Crippen LogP contribution in [0.3, 0.4) is 0 Å². The number of aromatic nitrogens is 2. The Balaban J connectivity index is 1.61. The van der Waals surface area contributed by atoms with Gasteiger partial charge < -0.3 is 9.32 Å². The zero-order valence-corrected chi connectivity index (χ0v) is 16.7. The standard InChI is InChI=1S/C21H23N3O3S/c1-15-6-4-10-23(12-15)19(25)14-28-21-22-18-9-3-2-8-17(18)20(26)24(21)13-16-7-5-11-27-16/h2-3,5,7-9,11,15H,4,6,10,12-14H2,1H3. The molecule has 3 heterocycles. The lowest BCUT2D eigenvalue weighted by molar-refractivity contribution is -0.130. The van der Waals surface area contributed by atoms with Gasteiger partial charge in [0.25, 0.3) is 5.56 Å². The quantitative estimate of drug-likeness (QED) is 0.488. The first-order valence-corrected chi connectivity index (χ1v) is 10.5. The molecule has 1 aromatic carbocycles. The molecule has 0 N–H and O–H groups in total. The van der Waals surface area contributed by atoms with E-state index in [9.17, 15) is 9.59 Å². The van der Waals surface area contributed by atoms with Crippen LogP contribution in [-0.4, -0.2) is 39.2 Å². The van der Waals surface area contributed by atoms with Crippen LogP contribution in [0.5, 0.6) is 0 Å². The Bertz CT molecular complexity index is 1030. The minimum Gasteiger partial charge on any atom is -0.467 e. The molecule has 6 nitrogen and oxygen atoms in total. The van der Waals surface area contributed by atoms with Crippen molar-refractivity contribution in [1.29, 1.82) is 0 Å². The van der Waals surface area contributed by atoms with Gasteiger partial charge in [0.05, 0.1) is 29.5 Å². The van der Waals surface area contributed by atoms with Crippen LogP contribution in [0.25, 0.3) is 10.9 Å². The lowest BCUT2D eigenvalue weighted by Crippen LogP contribution is -2.40. The van der Waals surface area contributed by atoms with Crippen molar-refractivity contribution in [2.24, 2.45) is 5.92 Å². The molecule has 28 heavy (non-hydrogen) atoms. The van der Waals surface area contributed by atoms with Crippen molar-refractivity contribution in [3.8, 4) is 0 Å². The summed E-state index contributed by atoms with van der Waals surface area (Å²) in [6, 6.07) is 10.9. The number of nitrogens with zero attached hydrogens (tertiary/aromatic N) is 3. The Hall–Kier alpha value is -2.54. The number of fused-ring (bicyclic) bond motifs is 1. The average molecular weight is 398 g/mol. The SMILES string of the molecule is CC1CCCN(C(=O)CSc2nc3ccccc3c(=O)n2Cc2ccco2)C1. The molecule has 1 saturated heterocycles. The summed E-state index contributed by atoms with van der Waals surface area (Å²) in [4.78, 5) is 32.3. The zero-order chi connectivity index (χ0) is 19.5. The van der Waals surface area contributed by atoms with E-state index in [4.69, 9.17) is 4.42 Å². The van der Waals surface area contributed by atoms with Gasteiger partial charge in [-0.15, -0.1) is 0 Å². The number of likely N-dealkylation sites (tertiary alicyclic amines) is 1. The molecule has 0 spiro atoms. The van der Waals surface area contributed by atoms with Gasteiger partial charge in [0, 0.05) is 13.1 Å². The normalized spacial score (nSPS) is 17.2. The summed E-state index contributed by atoms with van der Waals surface area (Å²) in [7, 11) is 0. The van der Waals surface area contributed by atoms with E-state index < -0.39 is 0 Å². The van der Waals surface area contributed by atoms with E-state index in [0.717, 1.165) is 19.5 Å². The fourth-order valence-electron chi connectivity index (χ4n) is 3.59. The van der Waals surface area contributed by atoms with Gasteiger partial charge in [-0.3, -0.25) is 14.2 Å². The number of amides is 1. The summed E-state index contributed by atoms with van der Waals surface area (Å²) in [6.45, 7) is 4.09. The number of carbonyl (C=O) groups is 1. The number of furan rings is 1. The molecule has 3 aromatic rings. The number of hydrogen-bond acceptors (Lipinski definition) is 5. The highest BCUT2D eigenvalue weighted by Crippen LogP contribution is 2.21. The van der Waals surface area contributed by atoms with Gasteiger partial charge in [0.15, 0.2) is 5.16 Å². The van der Waals surface area contributed by atoms with Gasteiger partial charge in [0.1, 0.15) is 5.76 Å². The molecule has 4 rings (SSSR count). The van der Waals surface area contributed by atoms with E-state index >= 15 is 0 Å². The molecule has 0 bridgehead atoms. The molecule has 1 fully saturated rings. The maximum absolute atomic E-state index is 13.0. The molecule has 1 unspecified atom stereocenters. The number of hydrogen-bond donors (Lipinski definition) is 0. The third-order valence-corrected chi connectivity index (χ3v) is 6.02. The predicted molar refractivity (Wildman–Crippen MR) is 110 cm³/mol. The lowest BCUT2D eigenvalue weighted by atomic mass is 10.0. The molecule has 1 aliphatic heterocycles. The molecule has 1 aliphatic rings.